The lowest BCUT2D eigenvalue weighted by Crippen LogP contribution is -2.43. The van der Waals surface area contributed by atoms with Crippen molar-refractivity contribution in [2.24, 2.45) is 0 Å². The minimum absolute atomic E-state index is 0.323. The van der Waals surface area contributed by atoms with Crippen molar-refractivity contribution in [2.45, 2.75) is 18.4 Å². The van der Waals surface area contributed by atoms with Crippen molar-refractivity contribution in [2.75, 3.05) is 7.11 Å². The summed E-state index contributed by atoms with van der Waals surface area (Å²) in [6.07, 6.45) is 0.914. The van der Waals surface area contributed by atoms with E-state index >= 15 is 0 Å². The van der Waals surface area contributed by atoms with Crippen molar-refractivity contribution < 1.29 is 19.4 Å². The van der Waals surface area contributed by atoms with Crippen molar-refractivity contribution in [1.29, 1.82) is 0 Å². The van der Waals surface area contributed by atoms with Crippen LogP contribution < -0.4 is 10.1 Å². The van der Waals surface area contributed by atoms with Gasteiger partial charge in [-0.05, 0) is 31.0 Å². The molecule has 0 saturated heterocycles. The number of hydrogen-bond acceptors (Lipinski definition) is 3. The highest BCUT2D eigenvalue weighted by molar-refractivity contribution is 6.32. The highest BCUT2D eigenvalue weighted by atomic mass is 35.5. The molecule has 5 nitrogen and oxygen atoms in total. The standard InChI is InChI=1S/C12H12ClNO4/c1-18-9-6-7(2-3-8(9)13)10(15)14-12(4-5-12)11(16)17/h2-3,6H,4-5H2,1H3,(H,14,15)(H,16,17). The third-order valence-electron chi connectivity index (χ3n) is 2.93. The zero-order valence-corrected chi connectivity index (χ0v) is 10.5. The van der Waals surface area contributed by atoms with Crippen LogP contribution in [0.1, 0.15) is 23.2 Å². The van der Waals surface area contributed by atoms with Crippen LogP contribution >= 0.6 is 11.6 Å². The van der Waals surface area contributed by atoms with Crippen molar-refractivity contribution in [1.82, 2.24) is 5.32 Å². The van der Waals surface area contributed by atoms with E-state index in [-0.39, 0.29) is 0 Å². The van der Waals surface area contributed by atoms with Gasteiger partial charge in [-0.1, -0.05) is 11.6 Å². The molecule has 2 rings (SSSR count). The number of benzene rings is 1. The average Bonchev–Trinajstić information content (AvgIpc) is 3.10. The van der Waals surface area contributed by atoms with Crippen LogP contribution in [0.3, 0.4) is 0 Å². The van der Waals surface area contributed by atoms with E-state index in [0.29, 0.717) is 29.2 Å². The van der Waals surface area contributed by atoms with Gasteiger partial charge in [0.15, 0.2) is 0 Å². The zero-order valence-electron chi connectivity index (χ0n) is 9.70. The van der Waals surface area contributed by atoms with Crippen molar-refractivity contribution in [3.63, 3.8) is 0 Å². The van der Waals surface area contributed by atoms with E-state index in [9.17, 15) is 9.59 Å². The van der Waals surface area contributed by atoms with Gasteiger partial charge in [-0.15, -0.1) is 0 Å². The summed E-state index contributed by atoms with van der Waals surface area (Å²) in [4.78, 5) is 22.9. The molecule has 96 valence electrons. The van der Waals surface area contributed by atoms with Crippen LogP contribution in [-0.4, -0.2) is 29.6 Å². The number of amides is 1. The van der Waals surface area contributed by atoms with E-state index in [0.717, 1.165) is 0 Å². The molecule has 0 atom stereocenters. The van der Waals surface area contributed by atoms with Crippen LogP contribution in [0.4, 0.5) is 0 Å². The zero-order chi connectivity index (χ0) is 13.3. The van der Waals surface area contributed by atoms with Gasteiger partial charge >= 0.3 is 5.97 Å². The summed E-state index contributed by atoms with van der Waals surface area (Å²) < 4.78 is 5.00. The van der Waals surface area contributed by atoms with E-state index in [1.807, 2.05) is 0 Å². The van der Waals surface area contributed by atoms with E-state index in [1.54, 1.807) is 0 Å². The molecule has 1 aliphatic rings. The fourth-order valence-electron chi connectivity index (χ4n) is 1.61. The molecule has 0 heterocycles. The molecule has 0 unspecified atom stereocenters. The maximum Gasteiger partial charge on any atom is 0.329 e. The molecular weight excluding hydrogens is 258 g/mol. The molecule has 1 aromatic rings. The number of carbonyl (C=O) groups is 2. The molecule has 0 aromatic heterocycles. The molecule has 0 spiro atoms. The highest BCUT2D eigenvalue weighted by Crippen LogP contribution is 2.36. The molecule has 1 fully saturated rings. The van der Waals surface area contributed by atoms with Crippen molar-refractivity contribution >= 4 is 23.5 Å². The molecular formula is C12H12ClNO4. The van der Waals surface area contributed by atoms with Gasteiger partial charge in [-0.3, -0.25) is 4.79 Å². The second-order valence-corrected chi connectivity index (χ2v) is 4.60. The Bertz CT molecular complexity index is 511. The average molecular weight is 270 g/mol. The molecule has 1 aromatic carbocycles. The van der Waals surface area contributed by atoms with Gasteiger partial charge in [0.25, 0.3) is 5.91 Å². The second kappa shape index (κ2) is 4.49. The van der Waals surface area contributed by atoms with Crippen LogP contribution in [0.2, 0.25) is 5.02 Å². The molecule has 1 saturated carbocycles. The first-order valence-corrected chi connectivity index (χ1v) is 5.76. The Morgan fingerprint density at radius 3 is 2.61 bits per heavy atom. The van der Waals surface area contributed by atoms with Gasteiger partial charge in [0.2, 0.25) is 0 Å². The first-order valence-electron chi connectivity index (χ1n) is 5.38. The Morgan fingerprint density at radius 1 is 1.44 bits per heavy atom. The predicted molar refractivity (Wildman–Crippen MR) is 65.1 cm³/mol. The highest BCUT2D eigenvalue weighted by Gasteiger charge is 2.51. The summed E-state index contributed by atoms with van der Waals surface area (Å²) in [5.41, 5.74) is -0.770. The number of nitrogens with one attached hydrogen (secondary N) is 1. The summed E-state index contributed by atoms with van der Waals surface area (Å²) in [6.45, 7) is 0. The SMILES string of the molecule is COc1cc(C(=O)NC2(C(=O)O)CC2)ccc1Cl. The Kier molecular flexibility index (Phi) is 3.17. The molecule has 0 aliphatic heterocycles. The number of carboxylic acids is 1. The maximum atomic E-state index is 11.9. The maximum absolute atomic E-state index is 11.9. The normalized spacial score (nSPS) is 15.9. The lowest BCUT2D eigenvalue weighted by atomic mass is 10.1. The van der Waals surface area contributed by atoms with Crippen LogP contribution in [0.15, 0.2) is 18.2 Å². The number of aliphatic carboxylic acids is 1. The number of ether oxygens (including phenoxy) is 1. The first kappa shape index (κ1) is 12.7. The van der Waals surface area contributed by atoms with E-state index in [4.69, 9.17) is 21.4 Å². The van der Waals surface area contributed by atoms with Gasteiger partial charge in [-0.2, -0.15) is 0 Å². The fourth-order valence-corrected chi connectivity index (χ4v) is 1.80. The third kappa shape index (κ3) is 2.26. The minimum atomic E-state index is -1.09. The molecule has 2 N–H and O–H groups in total. The van der Waals surface area contributed by atoms with Gasteiger partial charge < -0.3 is 15.2 Å². The molecule has 18 heavy (non-hydrogen) atoms. The number of carbonyl (C=O) groups excluding carboxylic acids is 1. The molecule has 0 radical (unpaired) electrons. The molecule has 6 heteroatoms. The van der Waals surface area contributed by atoms with E-state index in [1.165, 1.54) is 25.3 Å². The van der Waals surface area contributed by atoms with Gasteiger partial charge in [-0.25, -0.2) is 4.79 Å². The van der Waals surface area contributed by atoms with Crippen LogP contribution in [-0.2, 0) is 4.79 Å². The van der Waals surface area contributed by atoms with Gasteiger partial charge in [0.1, 0.15) is 11.3 Å². The van der Waals surface area contributed by atoms with Crippen molar-refractivity contribution in [3.05, 3.63) is 28.8 Å². The Hall–Kier alpha value is -1.75. The number of rotatable bonds is 4. The largest absolute Gasteiger partial charge is 0.495 e. The summed E-state index contributed by atoms with van der Waals surface area (Å²) >= 11 is 5.85. The predicted octanol–water partition coefficient (Wildman–Crippen LogP) is 1.70. The number of hydrogen-bond donors (Lipinski definition) is 2. The Labute approximate surface area is 109 Å². The Balaban J connectivity index is 2.17. The molecule has 1 amide bonds. The van der Waals surface area contributed by atoms with Crippen LogP contribution in [0, 0.1) is 0 Å². The summed E-state index contributed by atoms with van der Waals surface area (Å²) in [5, 5.41) is 11.9. The summed E-state index contributed by atoms with van der Waals surface area (Å²) in [7, 11) is 1.45. The third-order valence-corrected chi connectivity index (χ3v) is 3.24. The lowest BCUT2D eigenvalue weighted by molar-refractivity contribution is -0.140. The van der Waals surface area contributed by atoms with Gasteiger partial charge in [0.05, 0.1) is 12.1 Å². The number of carboxylic acid groups (broad SMARTS) is 1. The number of halogens is 1. The van der Waals surface area contributed by atoms with Crippen LogP contribution in [0.5, 0.6) is 5.75 Å². The first-order chi connectivity index (χ1) is 8.48. The topological polar surface area (TPSA) is 75.6 Å². The quantitative estimate of drug-likeness (QED) is 0.872. The smallest absolute Gasteiger partial charge is 0.329 e. The fraction of sp³-hybridized carbons (Fsp3) is 0.333. The minimum Gasteiger partial charge on any atom is -0.495 e. The lowest BCUT2D eigenvalue weighted by Gasteiger charge is -2.13. The van der Waals surface area contributed by atoms with Gasteiger partial charge in [0, 0.05) is 5.56 Å². The van der Waals surface area contributed by atoms with Crippen LogP contribution in [0.25, 0.3) is 0 Å². The van der Waals surface area contributed by atoms with E-state index < -0.39 is 17.4 Å². The summed E-state index contributed by atoms with van der Waals surface area (Å²) in [6, 6.07) is 4.54. The monoisotopic (exact) mass is 269 g/mol. The molecule has 1 aliphatic carbocycles. The number of methoxy groups -OCH3 is 1. The second-order valence-electron chi connectivity index (χ2n) is 4.19. The Morgan fingerprint density at radius 2 is 2.11 bits per heavy atom. The summed E-state index contributed by atoms with van der Waals surface area (Å²) in [5.74, 6) is -1.06. The van der Waals surface area contributed by atoms with Crippen molar-refractivity contribution in [3.8, 4) is 5.75 Å². The molecule has 0 bridgehead atoms. The van der Waals surface area contributed by atoms with E-state index in [2.05, 4.69) is 5.32 Å².